The first kappa shape index (κ1) is 12.9. The van der Waals surface area contributed by atoms with Crippen molar-refractivity contribution in [1.29, 1.82) is 0 Å². The molecule has 1 N–H and O–H groups in total. The monoisotopic (exact) mass is 214 g/mol. The molecular formula is C12H26N2O. The summed E-state index contributed by atoms with van der Waals surface area (Å²) >= 11 is 0. The highest BCUT2D eigenvalue weighted by atomic mass is 16.5. The predicted molar refractivity (Wildman–Crippen MR) is 64.2 cm³/mol. The van der Waals surface area contributed by atoms with Crippen molar-refractivity contribution in [2.45, 2.75) is 39.8 Å². The minimum Gasteiger partial charge on any atom is -0.376 e. The molecular weight excluding hydrogens is 188 g/mol. The van der Waals surface area contributed by atoms with Crippen LogP contribution in [0.15, 0.2) is 0 Å². The van der Waals surface area contributed by atoms with Crippen LogP contribution in [0.5, 0.6) is 0 Å². The molecule has 0 aromatic heterocycles. The standard InChI is InChI=1S/C12H26N2O/c1-5-13-8-10(2)12(4)14-6-7-15-11(3)9-14/h10-13H,5-9H2,1-4H3. The Morgan fingerprint density at radius 2 is 2.20 bits per heavy atom. The van der Waals surface area contributed by atoms with Gasteiger partial charge in [-0.15, -0.1) is 0 Å². The number of rotatable bonds is 5. The van der Waals surface area contributed by atoms with E-state index < -0.39 is 0 Å². The molecule has 0 spiro atoms. The Kier molecular flexibility index (Phi) is 5.58. The maximum Gasteiger partial charge on any atom is 0.0674 e. The Balaban J connectivity index is 2.33. The van der Waals surface area contributed by atoms with E-state index in [1.165, 1.54) is 0 Å². The molecule has 15 heavy (non-hydrogen) atoms. The second kappa shape index (κ2) is 6.46. The van der Waals surface area contributed by atoms with Gasteiger partial charge in [-0.25, -0.2) is 0 Å². The molecule has 3 atom stereocenters. The number of nitrogens with one attached hydrogen (secondary N) is 1. The molecule has 0 aromatic rings. The average molecular weight is 214 g/mol. The third-order valence-corrected chi connectivity index (χ3v) is 3.39. The normalized spacial score (nSPS) is 27.6. The number of ether oxygens (including phenoxy) is 1. The summed E-state index contributed by atoms with van der Waals surface area (Å²) in [5, 5.41) is 3.42. The van der Waals surface area contributed by atoms with E-state index in [9.17, 15) is 0 Å². The number of nitrogens with zero attached hydrogens (tertiary/aromatic N) is 1. The maximum absolute atomic E-state index is 5.56. The molecule has 3 unspecified atom stereocenters. The first-order valence-electron chi connectivity index (χ1n) is 6.21. The first-order chi connectivity index (χ1) is 7.15. The molecule has 0 saturated carbocycles. The molecule has 0 radical (unpaired) electrons. The zero-order valence-corrected chi connectivity index (χ0v) is 10.6. The number of hydrogen-bond acceptors (Lipinski definition) is 3. The van der Waals surface area contributed by atoms with Crippen molar-refractivity contribution in [3.05, 3.63) is 0 Å². The van der Waals surface area contributed by atoms with E-state index in [1.807, 2.05) is 0 Å². The summed E-state index contributed by atoms with van der Waals surface area (Å²) in [5.74, 6) is 0.704. The lowest BCUT2D eigenvalue weighted by Gasteiger charge is -2.38. The van der Waals surface area contributed by atoms with Gasteiger partial charge < -0.3 is 10.1 Å². The van der Waals surface area contributed by atoms with Crippen LogP contribution in [-0.4, -0.2) is 49.8 Å². The number of hydrogen-bond donors (Lipinski definition) is 1. The van der Waals surface area contributed by atoms with Gasteiger partial charge >= 0.3 is 0 Å². The molecule has 0 bridgehead atoms. The van der Waals surface area contributed by atoms with Crippen LogP contribution in [0.2, 0.25) is 0 Å². The van der Waals surface area contributed by atoms with Crippen molar-refractivity contribution in [2.75, 3.05) is 32.8 Å². The molecule has 1 heterocycles. The van der Waals surface area contributed by atoms with Gasteiger partial charge in [0.2, 0.25) is 0 Å². The molecule has 1 rings (SSSR count). The van der Waals surface area contributed by atoms with E-state index in [-0.39, 0.29) is 0 Å². The summed E-state index contributed by atoms with van der Waals surface area (Å²) in [6, 6.07) is 0.649. The van der Waals surface area contributed by atoms with Crippen molar-refractivity contribution in [2.24, 2.45) is 5.92 Å². The SMILES string of the molecule is CCNCC(C)C(C)N1CCOC(C)C1. The maximum atomic E-state index is 5.56. The Bertz CT molecular complexity index is 175. The van der Waals surface area contributed by atoms with E-state index in [2.05, 4.69) is 37.9 Å². The smallest absolute Gasteiger partial charge is 0.0674 e. The average Bonchev–Trinajstić information content (AvgIpc) is 2.24. The fourth-order valence-electron chi connectivity index (χ4n) is 2.12. The lowest BCUT2D eigenvalue weighted by atomic mass is 10.0. The predicted octanol–water partition coefficient (Wildman–Crippen LogP) is 1.34. The zero-order chi connectivity index (χ0) is 11.3. The van der Waals surface area contributed by atoms with E-state index in [4.69, 9.17) is 4.74 Å². The second-order valence-corrected chi connectivity index (χ2v) is 4.70. The highest BCUT2D eigenvalue weighted by Crippen LogP contribution is 2.14. The Labute approximate surface area is 94.2 Å². The van der Waals surface area contributed by atoms with Crippen LogP contribution in [-0.2, 0) is 4.74 Å². The van der Waals surface area contributed by atoms with Gasteiger partial charge in [-0.2, -0.15) is 0 Å². The van der Waals surface area contributed by atoms with Crippen molar-refractivity contribution in [1.82, 2.24) is 10.2 Å². The van der Waals surface area contributed by atoms with E-state index in [1.54, 1.807) is 0 Å². The van der Waals surface area contributed by atoms with Crippen LogP contribution in [0.1, 0.15) is 27.7 Å². The summed E-state index contributed by atoms with van der Waals surface area (Å²) in [6.45, 7) is 14.2. The van der Waals surface area contributed by atoms with Gasteiger partial charge in [-0.3, -0.25) is 4.90 Å². The summed E-state index contributed by atoms with van der Waals surface area (Å²) in [7, 11) is 0. The third-order valence-electron chi connectivity index (χ3n) is 3.39. The molecule has 1 fully saturated rings. The highest BCUT2D eigenvalue weighted by Gasteiger charge is 2.24. The van der Waals surface area contributed by atoms with Crippen LogP contribution in [0.3, 0.4) is 0 Å². The van der Waals surface area contributed by atoms with Crippen molar-refractivity contribution in [3.8, 4) is 0 Å². The van der Waals surface area contributed by atoms with E-state index in [0.717, 1.165) is 32.8 Å². The van der Waals surface area contributed by atoms with E-state index >= 15 is 0 Å². The summed E-state index contributed by atoms with van der Waals surface area (Å²) in [5.41, 5.74) is 0. The van der Waals surface area contributed by atoms with Crippen molar-refractivity contribution >= 4 is 0 Å². The Morgan fingerprint density at radius 1 is 1.47 bits per heavy atom. The lowest BCUT2D eigenvalue weighted by molar-refractivity contribution is -0.0388. The first-order valence-corrected chi connectivity index (χ1v) is 6.21. The van der Waals surface area contributed by atoms with Gasteiger partial charge in [0.05, 0.1) is 12.7 Å². The molecule has 1 aliphatic heterocycles. The molecule has 0 aliphatic carbocycles. The van der Waals surface area contributed by atoms with Crippen LogP contribution in [0.4, 0.5) is 0 Å². The largest absolute Gasteiger partial charge is 0.376 e. The Morgan fingerprint density at radius 3 is 2.80 bits per heavy atom. The molecule has 0 amide bonds. The highest BCUT2D eigenvalue weighted by molar-refractivity contribution is 4.78. The third kappa shape index (κ3) is 4.09. The van der Waals surface area contributed by atoms with Crippen LogP contribution >= 0.6 is 0 Å². The molecule has 3 heteroatoms. The van der Waals surface area contributed by atoms with Gasteiger partial charge in [0.25, 0.3) is 0 Å². The Hall–Kier alpha value is -0.120. The van der Waals surface area contributed by atoms with Gasteiger partial charge in [-0.1, -0.05) is 13.8 Å². The summed E-state index contributed by atoms with van der Waals surface area (Å²) in [4.78, 5) is 2.55. The minimum absolute atomic E-state index is 0.396. The minimum atomic E-state index is 0.396. The van der Waals surface area contributed by atoms with Gasteiger partial charge in [0.15, 0.2) is 0 Å². The van der Waals surface area contributed by atoms with Crippen LogP contribution in [0, 0.1) is 5.92 Å². The lowest BCUT2D eigenvalue weighted by Crippen LogP contribution is -2.49. The molecule has 1 aliphatic rings. The van der Waals surface area contributed by atoms with Gasteiger partial charge in [0.1, 0.15) is 0 Å². The molecule has 3 nitrogen and oxygen atoms in total. The molecule has 0 aromatic carbocycles. The summed E-state index contributed by atoms with van der Waals surface area (Å²) < 4.78 is 5.56. The fraction of sp³-hybridized carbons (Fsp3) is 1.00. The quantitative estimate of drug-likeness (QED) is 0.747. The molecule has 90 valence electrons. The fourth-order valence-corrected chi connectivity index (χ4v) is 2.12. The van der Waals surface area contributed by atoms with Crippen LogP contribution < -0.4 is 5.32 Å². The van der Waals surface area contributed by atoms with Gasteiger partial charge in [0, 0.05) is 19.1 Å². The van der Waals surface area contributed by atoms with Gasteiger partial charge in [-0.05, 0) is 32.9 Å². The number of morpholine rings is 1. The van der Waals surface area contributed by atoms with Crippen molar-refractivity contribution in [3.63, 3.8) is 0 Å². The summed E-state index contributed by atoms with van der Waals surface area (Å²) in [6.07, 6.45) is 0.396. The van der Waals surface area contributed by atoms with Crippen molar-refractivity contribution < 1.29 is 4.74 Å². The molecule has 1 saturated heterocycles. The zero-order valence-electron chi connectivity index (χ0n) is 10.6. The topological polar surface area (TPSA) is 24.5 Å². The van der Waals surface area contributed by atoms with Crippen LogP contribution in [0.25, 0.3) is 0 Å². The van der Waals surface area contributed by atoms with E-state index in [0.29, 0.717) is 18.1 Å². The second-order valence-electron chi connectivity index (χ2n) is 4.70.